The van der Waals surface area contributed by atoms with E-state index < -0.39 is 23.2 Å². The molecule has 0 spiro atoms. The molecule has 3 rings (SSSR count). The van der Waals surface area contributed by atoms with Crippen LogP contribution >= 0.6 is 11.8 Å². The van der Waals surface area contributed by atoms with Crippen molar-refractivity contribution in [2.45, 2.75) is 19.6 Å². The number of benzene rings is 2. The summed E-state index contributed by atoms with van der Waals surface area (Å²) in [5.41, 5.74) is 1.78. The van der Waals surface area contributed by atoms with E-state index in [1.165, 1.54) is 6.92 Å². The monoisotopic (exact) mass is 383 g/mol. The normalized spacial score (nSPS) is 16.6. The van der Waals surface area contributed by atoms with Crippen LogP contribution in [0.2, 0.25) is 0 Å². The fourth-order valence-electron chi connectivity index (χ4n) is 2.48. The van der Waals surface area contributed by atoms with E-state index in [9.17, 15) is 14.4 Å². The van der Waals surface area contributed by atoms with Gasteiger partial charge in [0.05, 0.1) is 4.91 Å². The number of carboxylic acids is 1. The predicted molar refractivity (Wildman–Crippen MR) is 102 cm³/mol. The molecular formula is C20H17NO5S. The Morgan fingerprint density at radius 3 is 2.44 bits per heavy atom. The molecule has 27 heavy (non-hydrogen) atoms. The summed E-state index contributed by atoms with van der Waals surface area (Å²) in [7, 11) is 0. The third kappa shape index (κ3) is 4.38. The zero-order valence-electron chi connectivity index (χ0n) is 14.5. The molecular weight excluding hydrogens is 366 g/mol. The van der Waals surface area contributed by atoms with Gasteiger partial charge in [0.15, 0.2) is 0 Å². The summed E-state index contributed by atoms with van der Waals surface area (Å²) in [4.78, 5) is 36.3. The third-order valence-corrected chi connectivity index (χ3v) is 4.88. The van der Waals surface area contributed by atoms with Crippen LogP contribution in [0.25, 0.3) is 6.08 Å². The van der Waals surface area contributed by atoms with Gasteiger partial charge in [0.25, 0.3) is 11.1 Å². The second kappa shape index (κ2) is 8.09. The zero-order valence-corrected chi connectivity index (χ0v) is 15.3. The fraction of sp³-hybridized carbons (Fsp3) is 0.150. The summed E-state index contributed by atoms with van der Waals surface area (Å²) < 4.78 is 5.71. The third-order valence-electron chi connectivity index (χ3n) is 3.99. The van der Waals surface area contributed by atoms with E-state index in [0.717, 1.165) is 27.8 Å². The minimum Gasteiger partial charge on any atom is -0.489 e. The van der Waals surface area contributed by atoms with Crippen molar-refractivity contribution in [1.29, 1.82) is 0 Å². The molecule has 0 unspecified atom stereocenters. The second-order valence-corrected chi connectivity index (χ2v) is 6.90. The summed E-state index contributed by atoms with van der Waals surface area (Å²) in [6, 6.07) is 15.7. The summed E-state index contributed by atoms with van der Waals surface area (Å²) in [6.07, 6.45) is 1.57. The molecule has 7 heteroatoms. The molecule has 0 radical (unpaired) electrons. The minimum absolute atomic E-state index is 0.200. The molecule has 1 N–H and O–H groups in total. The topological polar surface area (TPSA) is 83.9 Å². The van der Waals surface area contributed by atoms with Crippen LogP contribution < -0.4 is 4.74 Å². The highest BCUT2D eigenvalue weighted by Crippen LogP contribution is 2.33. The van der Waals surface area contributed by atoms with Crippen molar-refractivity contribution in [1.82, 2.24) is 4.90 Å². The van der Waals surface area contributed by atoms with Crippen LogP contribution in [-0.4, -0.2) is 33.2 Å². The average molecular weight is 383 g/mol. The smallest absolute Gasteiger partial charge is 0.326 e. The van der Waals surface area contributed by atoms with Crippen molar-refractivity contribution in [2.24, 2.45) is 0 Å². The molecule has 0 bridgehead atoms. The van der Waals surface area contributed by atoms with E-state index in [4.69, 9.17) is 9.84 Å². The van der Waals surface area contributed by atoms with Gasteiger partial charge in [0, 0.05) is 0 Å². The Kier molecular flexibility index (Phi) is 5.61. The number of imide groups is 1. The molecule has 1 saturated heterocycles. The first kappa shape index (κ1) is 18.7. The number of aliphatic carboxylic acids is 1. The lowest BCUT2D eigenvalue weighted by Crippen LogP contribution is -2.41. The molecule has 1 aliphatic rings. The number of thioether (sulfide) groups is 1. The highest BCUT2D eigenvalue weighted by atomic mass is 32.2. The van der Waals surface area contributed by atoms with E-state index in [2.05, 4.69) is 0 Å². The molecule has 0 aromatic heterocycles. The van der Waals surface area contributed by atoms with Crippen LogP contribution in [-0.2, 0) is 16.2 Å². The van der Waals surface area contributed by atoms with E-state index in [1.807, 2.05) is 30.3 Å². The van der Waals surface area contributed by atoms with Crippen molar-refractivity contribution in [3.63, 3.8) is 0 Å². The number of rotatable bonds is 6. The maximum atomic E-state index is 12.3. The number of hydrogen-bond acceptors (Lipinski definition) is 5. The van der Waals surface area contributed by atoms with Crippen LogP contribution in [0.15, 0.2) is 59.5 Å². The van der Waals surface area contributed by atoms with Crippen molar-refractivity contribution in [3.8, 4) is 5.75 Å². The quantitative estimate of drug-likeness (QED) is 0.765. The molecule has 0 aliphatic carbocycles. The zero-order chi connectivity index (χ0) is 19.4. The number of ether oxygens (including phenoxy) is 1. The lowest BCUT2D eigenvalue weighted by atomic mass is 10.2. The lowest BCUT2D eigenvalue weighted by molar-refractivity contribution is -0.145. The Morgan fingerprint density at radius 1 is 1.15 bits per heavy atom. The van der Waals surface area contributed by atoms with Crippen LogP contribution in [0, 0.1) is 0 Å². The molecule has 0 saturated carbocycles. The Hall–Kier alpha value is -3.06. The Balaban J connectivity index is 1.68. The van der Waals surface area contributed by atoms with Gasteiger partial charge in [-0.2, -0.15) is 0 Å². The Labute approximate surface area is 160 Å². The van der Waals surface area contributed by atoms with Crippen molar-refractivity contribution >= 4 is 35.0 Å². The summed E-state index contributed by atoms with van der Waals surface area (Å²) in [5, 5.41) is 8.45. The first-order chi connectivity index (χ1) is 13.0. The second-order valence-electron chi connectivity index (χ2n) is 5.91. The standard InChI is InChI=1S/C20H17NO5S/c1-13(19(23)24)21-18(22)17(27-20(21)25)11-14-7-9-16(10-8-14)26-12-15-5-3-2-4-6-15/h2-11,13H,12H2,1H3,(H,23,24)/b17-11-/t13-/m0/s1. The molecule has 2 aromatic rings. The highest BCUT2D eigenvalue weighted by molar-refractivity contribution is 8.18. The van der Waals surface area contributed by atoms with Crippen LogP contribution in [0.3, 0.4) is 0 Å². The molecule has 1 heterocycles. The fourth-order valence-corrected chi connectivity index (χ4v) is 3.38. The van der Waals surface area contributed by atoms with Gasteiger partial charge < -0.3 is 9.84 Å². The molecule has 2 aromatic carbocycles. The number of carbonyl (C=O) groups excluding carboxylic acids is 2. The van der Waals surface area contributed by atoms with Crippen LogP contribution in [0.5, 0.6) is 5.75 Å². The number of hydrogen-bond donors (Lipinski definition) is 1. The van der Waals surface area contributed by atoms with E-state index in [1.54, 1.807) is 30.3 Å². The van der Waals surface area contributed by atoms with Gasteiger partial charge in [0.2, 0.25) is 0 Å². The molecule has 2 amide bonds. The molecule has 6 nitrogen and oxygen atoms in total. The summed E-state index contributed by atoms with van der Waals surface area (Å²) in [5.74, 6) is -1.13. The Bertz CT molecular complexity index is 892. The van der Waals surface area contributed by atoms with E-state index >= 15 is 0 Å². The van der Waals surface area contributed by atoms with Gasteiger partial charge >= 0.3 is 5.97 Å². The highest BCUT2D eigenvalue weighted by Gasteiger charge is 2.40. The van der Waals surface area contributed by atoms with E-state index in [-0.39, 0.29) is 4.91 Å². The number of nitrogens with zero attached hydrogens (tertiary/aromatic N) is 1. The maximum Gasteiger partial charge on any atom is 0.326 e. The van der Waals surface area contributed by atoms with Crippen LogP contribution in [0.4, 0.5) is 4.79 Å². The largest absolute Gasteiger partial charge is 0.489 e. The number of amides is 2. The van der Waals surface area contributed by atoms with Gasteiger partial charge in [-0.1, -0.05) is 42.5 Å². The van der Waals surface area contributed by atoms with Crippen LogP contribution in [0.1, 0.15) is 18.1 Å². The molecule has 1 atom stereocenters. The van der Waals surface area contributed by atoms with Gasteiger partial charge in [-0.3, -0.25) is 14.5 Å². The summed E-state index contributed by atoms with van der Waals surface area (Å²) in [6.45, 7) is 1.76. The van der Waals surface area contributed by atoms with Gasteiger partial charge in [-0.05, 0) is 48.0 Å². The van der Waals surface area contributed by atoms with E-state index in [0.29, 0.717) is 12.4 Å². The van der Waals surface area contributed by atoms with Gasteiger partial charge in [0.1, 0.15) is 18.4 Å². The average Bonchev–Trinajstić information content (AvgIpc) is 2.94. The SMILES string of the molecule is C[C@@H](C(=O)O)N1C(=O)S/C(=C\c2ccc(OCc3ccccc3)cc2)C1=O. The Morgan fingerprint density at radius 2 is 1.81 bits per heavy atom. The van der Waals surface area contributed by atoms with Crippen molar-refractivity contribution in [3.05, 3.63) is 70.6 Å². The van der Waals surface area contributed by atoms with Crippen molar-refractivity contribution in [2.75, 3.05) is 0 Å². The molecule has 1 fully saturated rings. The molecule has 138 valence electrons. The summed E-state index contributed by atoms with van der Waals surface area (Å²) >= 11 is 0.738. The predicted octanol–water partition coefficient (Wildman–Crippen LogP) is 3.78. The lowest BCUT2D eigenvalue weighted by Gasteiger charge is -2.16. The number of carbonyl (C=O) groups is 3. The minimum atomic E-state index is -1.22. The molecule has 1 aliphatic heterocycles. The first-order valence-corrected chi connectivity index (χ1v) is 9.04. The first-order valence-electron chi connectivity index (χ1n) is 8.22. The maximum absolute atomic E-state index is 12.3. The van der Waals surface area contributed by atoms with Gasteiger partial charge in [-0.25, -0.2) is 4.79 Å². The number of carboxylic acid groups (broad SMARTS) is 1. The van der Waals surface area contributed by atoms with Crippen molar-refractivity contribution < 1.29 is 24.2 Å². The van der Waals surface area contributed by atoms with Gasteiger partial charge in [-0.15, -0.1) is 0 Å².